The summed E-state index contributed by atoms with van der Waals surface area (Å²) in [5.41, 5.74) is 14.6. The summed E-state index contributed by atoms with van der Waals surface area (Å²) in [7, 11) is 0. The topological polar surface area (TPSA) is 64.9 Å². The molecule has 0 aliphatic rings. The molecule has 0 spiro atoms. The third-order valence-electron chi connectivity index (χ3n) is 4.65. The summed E-state index contributed by atoms with van der Waals surface area (Å²) in [5.74, 6) is 0. The number of hydrogen-bond acceptors (Lipinski definition) is 4. The van der Waals surface area contributed by atoms with Crippen molar-refractivity contribution >= 4 is 32.4 Å². The molecule has 1 heterocycles. The Kier molecular flexibility index (Phi) is 7.26. The van der Waals surface area contributed by atoms with Crippen LogP contribution in [-0.2, 0) is 5.41 Å². The van der Waals surface area contributed by atoms with Gasteiger partial charge in [-0.15, -0.1) is 11.3 Å². The maximum atomic E-state index is 6.33. The van der Waals surface area contributed by atoms with Gasteiger partial charge in [-0.25, -0.2) is 4.98 Å². The Morgan fingerprint density at radius 2 is 1.67 bits per heavy atom. The highest BCUT2D eigenvalue weighted by Crippen LogP contribution is 2.44. The Balaban J connectivity index is 2.50. The van der Waals surface area contributed by atoms with Crippen molar-refractivity contribution in [1.82, 2.24) is 4.98 Å². The first kappa shape index (κ1) is 19.4. The van der Waals surface area contributed by atoms with Gasteiger partial charge in [-0.1, -0.05) is 67.6 Å². The van der Waals surface area contributed by atoms with Crippen LogP contribution in [0.25, 0.3) is 11.3 Å². The van der Waals surface area contributed by atoms with Gasteiger partial charge in [-0.3, -0.25) is 0 Å². The zero-order chi connectivity index (χ0) is 17.6. The maximum absolute atomic E-state index is 6.33. The molecule has 132 valence electrons. The van der Waals surface area contributed by atoms with Gasteiger partial charge in [0.05, 0.1) is 5.69 Å². The largest absolute Gasteiger partial charge is 0.375 e. The van der Waals surface area contributed by atoms with Gasteiger partial charge in [0.25, 0.3) is 0 Å². The molecule has 3 nitrogen and oxygen atoms in total. The minimum Gasteiger partial charge on any atom is -0.375 e. The van der Waals surface area contributed by atoms with Crippen molar-refractivity contribution in [3.63, 3.8) is 0 Å². The molecule has 0 saturated heterocycles. The first-order chi connectivity index (χ1) is 11.6. The molecular weight excluding hydrogens is 382 g/mol. The number of aromatic nitrogens is 1. The predicted molar refractivity (Wildman–Crippen MR) is 109 cm³/mol. The van der Waals surface area contributed by atoms with Crippen molar-refractivity contribution in [3.05, 3.63) is 33.6 Å². The lowest BCUT2D eigenvalue weighted by Crippen LogP contribution is -2.35. The zero-order valence-corrected chi connectivity index (χ0v) is 17.0. The van der Waals surface area contributed by atoms with Gasteiger partial charge >= 0.3 is 0 Å². The Morgan fingerprint density at radius 3 is 2.17 bits per heavy atom. The number of rotatable bonds is 9. The van der Waals surface area contributed by atoms with Crippen LogP contribution in [0.1, 0.15) is 57.2 Å². The van der Waals surface area contributed by atoms with Gasteiger partial charge in [0, 0.05) is 26.9 Å². The SMILES string of the molecule is CCCCC(CN)(CCCC)c1sc(N)nc1-c1ccc(Br)cc1. The normalized spacial score (nSPS) is 11.8. The lowest BCUT2D eigenvalue weighted by molar-refractivity contribution is 0.357. The van der Waals surface area contributed by atoms with Crippen LogP contribution in [0.15, 0.2) is 28.7 Å². The quantitative estimate of drug-likeness (QED) is 0.555. The van der Waals surface area contributed by atoms with Crippen molar-refractivity contribution in [2.24, 2.45) is 5.73 Å². The lowest BCUT2D eigenvalue weighted by atomic mass is 9.76. The second-order valence-electron chi connectivity index (χ2n) is 6.43. The summed E-state index contributed by atoms with van der Waals surface area (Å²) in [4.78, 5) is 5.94. The molecule has 0 radical (unpaired) electrons. The van der Waals surface area contributed by atoms with Crippen LogP contribution in [0.3, 0.4) is 0 Å². The van der Waals surface area contributed by atoms with E-state index in [1.807, 2.05) is 0 Å². The molecule has 1 aromatic carbocycles. The summed E-state index contributed by atoms with van der Waals surface area (Å²) in [6, 6.07) is 8.31. The number of thiazole rings is 1. The molecule has 2 rings (SSSR count). The first-order valence-corrected chi connectivity index (χ1v) is 10.4. The number of benzene rings is 1. The summed E-state index contributed by atoms with van der Waals surface area (Å²) < 4.78 is 1.07. The van der Waals surface area contributed by atoms with E-state index in [-0.39, 0.29) is 5.41 Å². The first-order valence-electron chi connectivity index (χ1n) is 8.79. The molecule has 0 aliphatic carbocycles. The highest BCUT2D eigenvalue weighted by molar-refractivity contribution is 9.10. The van der Waals surface area contributed by atoms with Crippen molar-refractivity contribution in [1.29, 1.82) is 0 Å². The van der Waals surface area contributed by atoms with E-state index in [1.54, 1.807) is 11.3 Å². The molecule has 1 aromatic heterocycles. The van der Waals surface area contributed by atoms with Gasteiger partial charge in [0.1, 0.15) is 0 Å². The molecule has 24 heavy (non-hydrogen) atoms. The van der Waals surface area contributed by atoms with Crippen LogP contribution >= 0.6 is 27.3 Å². The van der Waals surface area contributed by atoms with E-state index < -0.39 is 0 Å². The molecule has 0 atom stereocenters. The smallest absolute Gasteiger partial charge is 0.180 e. The maximum Gasteiger partial charge on any atom is 0.180 e. The van der Waals surface area contributed by atoms with E-state index in [4.69, 9.17) is 11.5 Å². The summed E-state index contributed by atoms with van der Waals surface area (Å²) in [6.45, 7) is 5.12. The molecule has 0 aliphatic heterocycles. The van der Waals surface area contributed by atoms with E-state index in [1.165, 1.54) is 30.6 Å². The highest BCUT2D eigenvalue weighted by Gasteiger charge is 2.35. The summed E-state index contributed by atoms with van der Waals surface area (Å²) in [5, 5.41) is 0.633. The standard InChI is InChI=1S/C19H28BrN3S/c1-3-5-11-19(13-21,12-6-4-2)17-16(23-18(22)24-17)14-7-9-15(20)10-8-14/h7-10H,3-6,11-13,21H2,1-2H3,(H2,22,23). The summed E-state index contributed by atoms with van der Waals surface area (Å²) in [6.07, 6.45) is 6.92. The van der Waals surface area contributed by atoms with Crippen LogP contribution in [0, 0.1) is 0 Å². The number of hydrogen-bond donors (Lipinski definition) is 2. The van der Waals surface area contributed by atoms with E-state index in [9.17, 15) is 0 Å². The van der Waals surface area contributed by atoms with Gasteiger partial charge in [0.2, 0.25) is 0 Å². The molecule has 0 saturated carbocycles. The number of nitrogens with two attached hydrogens (primary N) is 2. The number of unbranched alkanes of at least 4 members (excludes halogenated alkanes) is 2. The third-order valence-corrected chi connectivity index (χ3v) is 6.31. The average Bonchev–Trinajstić information content (AvgIpc) is 2.98. The fourth-order valence-electron chi connectivity index (χ4n) is 3.18. The number of anilines is 1. The number of halogens is 1. The molecule has 0 amide bonds. The Labute approximate surface area is 158 Å². The second kappa shape index (κ2) is 8.97. The molecule has 4 N–H and O–H groups in total. The van der Waals surface area contributed by atoms with Crippen molar-refractivity contribution in [2.75, 3.05) is 12.3 Å². The van der Waals surface area contributed by atoms with Gasteiger partial charge < -0.3 is 11.5 Å². The van der Waals surface area contributed by atoms with E-state index in [0.717, 1.165) is 28.6 Å². The fourth-order valence-corrected chi connectivity index (χ4v) is 4.55. The van der Waals surface area contributed by atoms with Gasteiger partial charge in [-0.2, -0.15) is 0 Å². The monoisotopic (exact) mass is 409 g/mol. The molecule has 0 bridgehead atoms. The number of nitrogens with zero attached hydrogens (tertiary/aromatic N) is 1. The number of nitrogen functional groups attached to an aromatic ring is 1. The molecular formula is C19H28BrN3S. The van der Waals surface area contributed by atoms with Crippen molar-refractivity contribution in [3.8, 4) is 11.3 Å². The molecule has 2 aromatic rings. The van der Waals surface area contributed by atoms with E-state index in [2.05, 4.69) is 59.0 Å². The van der Waals surface area contributed by atoms with Crippen LogP contribution < -0.4 is 11.5 Å². The minimum atomic E-state index is -0.0102. The van der Waals surface area contributed by atoms with Gasteiger partial charge in [0.15, 0.2) is 5.13 Å². The highest BCUT2D eigenvalue weighted by atomic mass is 79.9. The minimum absolute atomic E-state index is 0.0102. The average molecular weight is 410 g/mol. The van der Waals surface area contributed by atoms with Crippen molar-refractivity contribution < 1.29 is 0 Å². The Bertz CT molecular complexity index is 629. The van der Waals surface area contributed by atoms with E-state index >= 15 is 0 Å². The Morgan fingerprint density at radius 1 is 1.08 bits per heavy atom. The lowest BCUT2D eigenvalue weighted by Gasteiger charge is -2.32. The molecule has 0 unspecified atom stereocenters. The molecule has 0 fully saturated rings. The van der Waals surface area contributed by atoms with Crippen LogP contribution in [0.2, 0.25) is 0 Å². The predicted octanol–water partition coefficient (Wildman–Crippen LogP) is 5.73. The molecule has 5 heteroatoms. The van der Waals surface area contributed by atoms with Gasteiger partial charge in [-0.05, 0) is 25.0 Å². The zero-order valence-electron chi connectivity index (χ0n) is 14.6. The van der Waals surface area contributed by atoms with Crippen LogP contribution in [0.4, 0.5) is 5.13 Å². The summed E-state index contributed by atoms with van der Waals surface area (Å²) >= 11 is 5.12. The van der Waals surface area contributed by atoms with E-state index in [0.29, 0.717) is 11.7 Å². The van der Waals surface area contributed by atoms with Crippen LogP contribution in [0.5, 0.6) is 0 Å². The van der Waals surface area contributed by atoms with Crippen LogP contribution in [-0.4, -0.2) is 11.5 Å². The third kappa shape index (κ3) is 4.38. The second-order valence-corrected chi connectivity index (χ2v) is 8.37. The Hall–Kier alpha value is -0.910. The van der Waals surface area contributed by atoms with Crippen molar-refractivity contribution in [2.45, 2.75) is 57.8 Å². The fraction of sp³-hybridized carbons (Fsp3) is 0.526.